The molecule has 48 heavy (non-hydrogen) atoms. The summed E-state index contributed by atoms with van der Waals surface area (Å²) in [5, 5.41) is 11.2. The Morgan fingerprint density at radius 3 is 1.60 bits per heavy atom. The fourth-order valence-electron chi connectivity index (χ4n) is 6.01. The molecule has 2 saturated heterocycles. The number of esters is 1. The minimum absolute atomic E-state index is 0.172. The summed E-state index contributed by atoms with van der Waals surface area (Å²) in [6.45, 7) is 9.68. The van der Waals surface area contributed by atoms with Crippen molar-refractivity contribution in [3.05, 3.63) is 120 Å². The highest BCUT2D eigenvalue weighted by molar-refractivity contribution is 5.66. The third-order valence-electron chi connectivity index (χ3n) is 8.33. The second-order valence-electron chi connectivity index (χ2n) is 12.0. The Hall–Kier alpha value is -3.45. The van der Waals surface area contributed by atoms with Crippen molar-refractivity contribution in [2.45, 2.75) is 102 Å². The molecule has 3 aromatic rings. The van der Waals surface area contributed by atoms with Crippen LogP contribution >= 0.6 is 0 Å². The first-order valence-electron chi connectivity index (χ1n) is 16.3. The Morgan fingerprint density at radius 2 is 1.12 bits per heavy atom. The summed E-state index contributed by atoms with van der Waals surface area (Å²) >= 11 is 0. The SMILES string of the molecule is C=CCO[C@H]1[C@H](OC(C)=O)[C@@H](O[C@H]2[C@H](OCc3ccccc3)[C@@H](C)O[C@H](O)[C@H]2OCc2ccccc2)O[C@@H](C)[C@H]1OCc1ccccc1. The lowest BCUT2D eigenvalue weighted by Crippen LogP contribution is -2.65. The van der Waals surface area contributed by atoms with E-state index in [0.717, 1.165) is 16.7 Å². The van der Waals surface area contributed by atoms with Crippen LogP contribution in [0.3, 0.4) is 0 Å². The second kappa shape index (κ2) is 17.8. The maximum Gasteiger partial charge on any atom is 0.303 e. The molecule has 2 aliphatic heterocycles. The molecule has 0 unspecified atom stereocenters. The van der Waals surface area contributed by atoms with E-state index in [2.05, 4.69) is 6.58 Å². The quantitative estimate of drug-likeness (QED) is 0.174. The van der Waals surface area contributed by atoms with Gasteiger partial charge in [-0.05, 0) is 30.5 Å². The molecule has 1 N–H and O–H groups in total. The van der Waals surface area contributed by atoms with E-state index in [1.165, 1.54) is 6.92 Å². The van der Waals surface area contributed by atoms with Crippen LogP contribution in [0.1, 0.15) is 37.5 Å². The number of carbonyl (C=O) groups is 1. The Balaban J connectivity index is 1.43. The molecule has 3 aromatic carbocycles. The van der Waals surface area contributed by atoms with Gasteiger partial charge in [0.15, 0.2) is 18.7 Å². The van der Waals surface area contributed by atoms with Gasteiger partial charge < -0.3 is 43.0 Å². The van der Waals surface area contributed by atoms with Crippen LogP contribution in [0.4, 0.5) is 0 Å². The number of ether oxygens (including phenoxy) is 8. The van der Waals surface area contributed by atoms with Gasteiger partial charge in [0, 0.05) is 6.92 Å². The van der Waals surface area contributed by atoms with Crippen molar-refractivity contribution in [2.24, 2.45) is 0 Å². The molecule has 0 spiro atoms. The van der Waals surface area contributed by atoms with Crippen molar-refractivity contribution in [1.82, 2.24) is 0 Å². The number of carbonyl (C=O) groups excluding carboxylic acids is 1. The van der Waals surface area contributed by atoms with E-state index in [4.69, 9.17) is 37.9 Å². The van der Waals surface area contributed by atoms with Crippen LogP contribution < -0.4 is 0 Å². The molecular weight excluding hydrogens is 616 g/mol. The minimum Gasteiger partial charge on any atom is -0.454 e. The molecule has 0 aliphatic carbocycles. The van der Waals surface area contributed by atoms with Crippen LogP contribution in [-0.4, -0.2) is 79.1 Å². The third-order valence-corrected chi connectivity index (χ3v) is 8.33. The van der Waals surface area contributed by atoms with Crippen LogP contribution in [0.15, 0.2) is 104 Å². The average molecular weight is 663 g/mol. The predicted molar refractivity (Wildman–Crippen MR) is 176 cm³/mol. The van der Waals surface area contributed by atoms with Crippen molar-refractivity contribution in [1.29, 1.82) is 0 Å². The summed E-state index contributed by atoms with van der Waals surface area (Å²) in [6, 6.07) is 29.1. The first-order valence-corrected chi connectivity index (χ1v) is 16.3. The minimum atomic E-state index is -1.34. The van der Waals surface area contributed by atoms with E-state index in [-0.39, 0.29) is 19.8 Å². The van der Waals surface area contributed by atoms with E-state index < -0.39 is 67.4 Å². The van der Waals surface area contributed by atoms with Crippen LogP contribution in [0.25, 0.3) is 0 Å². The van der Waals surface area contributed by atoms with Crippen molar-refractivity contribution in [3.63, 3.8) is 0 Å². The Morgan fingerprint density at radius 1 is 0.667 bits per heavy atom. The molecule has 0 saturated carbocycles. The standard InChI is InChI=1S/C38H46O10/c1-5-21-41-33-31(42-22-28-15-9-6-10-16-28)26(3)46-38(36(33)47-27(4)39)48-34-32(43-23-29-17-11-7-12-18-29)25(2)45-37(40)35(34)44-24-30-19-13-8-14-20-30/h5-20,25-26,31-38,40H,1,21-24H2,2-4H3/t25-,26+,31-,32-,33-,34+,35+,36+,37+,38-/m1/s1. The molecular formula is C38H46O10. The van der Waals surface area contributed by atoms with Crippen molar-refractivity contribution < 1.29 is 47.8 Å². The van der Waals surface area contributed by atoms with E-state index in [9.17, 15) is 9.90 Å². The van der Waals surface area contributed by atoms with E-state index in [1.807, 2.05) is 97.9 Å². The predicted octanol–water partition coefficient (Wildman–Crippen LogP) is 5.11. The summed E-state index contributed by atoms with van der Waals surface area (Å²) < 4.78 is 50.3. The number of aliphatic hydroxyl groups excluding tert-OH is 1. The smallest absolute Gasteiger partial charge is 0.303 e. The number of hydrogen-bond donors (Lipinski definition) is 1. The molecule has 0 aromatic heterocycles. The molecule has 2 aliphatic rings. The Kier molecular flexibility index (Phi) is 13.3. The van der Waals surface area contributed by atoms with Crippen LogP contribution in [0, 0.1) is 0 Å². The lowest BCUT2D eigenvalue weighted by Gasteiger charge is -2.48. The first-order chi connectivity index (χ1) is 23.3. The number of aliphatic hydroxyl groups is 1. The van der Waals surface area contributed by atoms with Crippen molar-refractivity contribution in [3.8, 4) is 0 Å². The Bertz CT molecular complexity index is 1330. The largest absolute Gasteiger partial charge is 0.454 e. The van der Waals surface area contributed by atoms with Crippen molar-refractivity contribution in [2.75, 3.05) is 6.61 Å². The molecule has 0 radical (unpaired) electrons. The zero-order valence-electron chi connectivity index (χ0n) is 27.7. The molecule has 0 bridgehead atoms. The van der Waals surface area contributed by atoms with Gasteiger partial charge in [-0.3, -0.25) is 4.79 Å². The third kappa shape index (κ3) is 9.58. The summed E-state index contributed by atoms with van der Waals surface area (Å²) in [5.74, 6) is -0.546. The molecule has 10 nitrogen and oxygen atoms in total. The highest BCUT2D eigenvalue weighted by atomic mass is 16.7. The van der Waals surface area contributed by atoms with Gasteiger partial charge in [-0.1, -0.05) is 97.1 Å². The molecule has 2 heterocycles. The van der Waals surface area contributed by atoms with Gasteiger partial charge in [0.1, 0.15) is 30.5 Å². The lowest BCUT2D eigenvalue weighted by molar-refractivity contribution is -0.363. The van der Waals surface area contributed by atoms with Gasteiger partial charge in [0.2, 0.25) is 0 Å². The number of benzene rings is 3. The van der Waals surface area contributed by atoms with Gasteiger partial charge in [-0.25, -0.2) is 0 Å². The monoisotopic (exact) mass is 662 g/mol. The van der Waals surface area contributed by atoms with Gasteiger partial charge in [0.25, 0.3) is 0 Å². The van der Waals surface area contributed by atoms with Gasteiger partial charge in [-0.15, -0.1) is 6.58 Å². The zero-order valence-corrected chi connectivity index (χ0v) is 27.7. The van der Waals surface area contributed by atoms with E-state index in [1.54, 1.807) is 13.0 Å². The van der Waals surface area contributed by atoms with E-state index >= 15 is 0 Å². The van der Waals surface area contributed by atoms with Crippen molar-refractivity contribution >= 4 is 5.97 Å². The van der Waals surface area contributed by atoms with E-state index in [0.29, 0.717) is 6.61 Å². The maximum atomic E-state index is 12.5. The number of rotatable bonds is 15. The zero-order chi connectivity index (χ0) is 33.9. The van der Waals surface area contributed by atoms with Gasteiger partial charge in [0.05, 0.1) is 38.6 Å². The second-order valence-corrected chi connectivity index (χ2v) is 12.0. The number of hydrogen-bond acceptors (Lipinski definition) is 10. The highest BCUT2D eigenvalue weighted by Gasteiger charge is 2.53. The van der Waals surface area contributed by atoms with Gasteiger partial charge >= 0.3 is 5.97 Å². The highest BCUT2D eigenvalue weighted by Crippen LogP contribution is 2.35. The topological polar surface area (TPSA) is 111 Å². The summed E-state index contributed by atoms with van der Waals surface area (Å²) in [7, 11) is 0. The van der Waals surface area contributed by atoms with Crippen LogP contribution in [-0.2, 0) is 62.5 Å². The van der Waals surface area contributed by atoms with Crippen LogP contribution in [0.5, 0.6) is 0 Å². The average Bonchev–Trinajstić information content (AvgIpc) is 3.09. The molecule has 10 heteroatoms. The first kappa shape index (κ1) is 35.8. The Labute approximate surface area is 282 Å². The fourth-order valence-corrected chi connectivity index (χ4v) is 6.01. The molecule has 5 rings (SSSR count). The summed E-state index contributed by atoms with van der Waals surface area (Å²) in [6.07, 6.45) is -7.04. The molecule has 258 valence electrons. The fraction of sp³-hybridized carbons (Fsp3) is 0.447. The van der Waals surface area contributed by atoms with Gasteiger partial charge in [-0.2, -0.15) is 0 Å². The summed E-state index contributed by atoms with van der Waals surface area (Å²) in [5.41, 5.74) is 2.82. The molecule has 2 fully saturated rings. The normalized spacial score (nSPS) is 30.4. The lowest BCUT2D eigenvalue weighted by atomic mass is 9.96. The summed E-state index contributed by atoms with van der Waals surface area (Å²) in [4.78, 5) is 12.5. The molecule has 10 atom stereocenters. The molecule has 0 amide bonds. The maximum absolute atomic E-state index is 12.5. The van der Waals surface area contributed by atoms with Crippen LogP contribution in [0.2, 0.25) is 0 Å².